The molecule has 1 atom stereocenters. The van der Waals surface area contributed by atoms with Crippen molar-refractivity contribution in [2.24, 2.45) is 0 Å². The van der Waals surface area contributed by atoms with E-state index in [0.717, 1.165) is 27.2 Å². The number of hydrogen-bond donors (Lipinski definition) is 0. The number of ether oxygens (including phenoxy) is 2. The maximum atomic E-state index is 13.6. The van der Waals surface area contributed by atoms with Gasteiger partial charge < -0.3 is 19.2 Å². The van der Waals surface area contributed by atoms with E-state index in [9.17, 15) is 24.0 Å². The summed E-state index contributed by atoms with van der Waals surface area (Å²) >= 11 is 0. The van der Waals surface area contributed by atoms with Gasteiger partial charge >= 0.3 is 18.2 Å². The van der Waals surface area contributed by atoms with Gasteiger partial charge in [0.2, 0.25) is 0 Å². The molecule has 1 saturated heterocycles. The Hall–Kier alpha value is -5.19. The van der Waals surface area contributed by atoms with Gasteiger partial charge in [-0.1, -0.05) is 65.7 Å². The molecule has 11 heteroatoms. The van der Waals surface area contributed by atoms with Crippen LogP contribution >= 0.6 is 0 Å². The molecule has 2 aliphatic heterocycles. The highest BCUT2D eigenvalue weighted by atomic mass is 16.7. The van der Waals surface area contributed by atoms with E-state index < -0.39 is 41.6 Å². The van der Waals surface area contributed by atoms with Crippen LogP contribution < -0.4 is 0 Å². The van der Waals surface area contributed by atoms with Crippen molar-refractivity contribution < 1.29 is 38.3 Å². The summed E-state index contributed by atoms with van der Waals surface area (Å²) in [6, 6.07) is 20.5. The van der Waals surface area contributed by atoms with E-state index >= 15 is 0 Å². The average Bonchev–Trinajstić information content (AvgIpc) is 3.46. The van der Waals surface area contributed by atoms with E-state index in [-0.39, 0.29) is 43.3 Å². The molecule has 1 aliphatic carbocycles. The molecule has 0 spiro atoms. The van der Waals surface area contributed by atoms with Gasteiger partial charge in [0, 0.05) is 19.0 Å². The largest absolute Gasteiger partial charge is 0.448 e. The van der Waals surface area contributed by atoms with Gasteiger partial charge in [0.1, 0.15) is 12.2 Å². The Balaban J connectivity index is 1.21. The third-order valence-electron chi connectivity index (χ3n) is 7.81. The summed E-state index contributed by atoms with van der Waals surface area (Å²) < 4.78 is 11.3. The van der Waals surface area contributed by atoms with Crippen LogP contribution in [0.5, 0.6) is 0 Å². The van der Waals surface area contributed by atoms with Crippen LogP contribution in [-0.2, 0) is 19.1 Å². The number of carbonyl (C=O) groups is 5. The SMILES string of the molecule is CC(C)(C)OC(=O)N1CCN(C(=O)OCC2c3ccccc3-c3ccccc32)C(C(=O)ON2C(=O)c3ccccc3C2=O)C1. The topological polar surface area (TPSA) is 123 Å². The van der Waals surface area contributed by atoms with Crippen LogP contribution in [0.15, 0.2) is 72.8 Å². The third kappa shape index (κ3) is 5.25. The van der Waals surface area contributed by atoms with E-state index in [0.29, 0.717) is 5.06 Å². The molecule has 44 heavy (non-hydrogen) atoms. The number of carbonyl (C=O) groups excluding carboxylic acids is 5. The fourth-order valence-electron chi connectivity index (χ4n) is 5.77. The molecule has 6 rings (SSSR count). The van der Waals surface area contributed by atoms with Gasteiger partial charge in [-0.25, -0.2) is 14.4 Å². The van der Waals surface area contributed by atoms with E-state index in [1.165, 1.54) is 17.0 Å². The van der Waals surface area contributed by atoms with Crippen molar-refractivity contribution in [2.75, 3.05) is 26.2 Å². The summed E-state index contributed by atoms with van der Waals surface area (Å²) in [4.78, 5) is 73.5. The van der Waals surface area contributed by atoms with Crippen LogP contribution in [0.3, 0.4) is 0 Å². The molecule has 4 amide bonds. The molecular weight excluding hydrogens is 566 g/mol. The van der Waals surface area contributed by atoms with Gasteiger partial charge in [-0.05, 0) is 55.2 Å². The maximum absolute atomic E-state index is 13.6. The van der Waals surface area contributed by atoms with Gasteiger partial charge in [-0.3, -0.25) is 14.5 Å². The number of piperazine rings is 1. The van der Waals surface area contributed by atoms with Crippen LogP contribution in [0.25, 0.3) is 11.1 Å². The predicted molar refractivity (Wildman–Crippen MR) is 156 cm³/mol. The molecule has 3 aromatic carbocycles. The fraction of sp³-hybridized carbons (Fsp3) is 0.303. The quantitative estimate of drug-likeness (QED) is 0.400. The van der Waals surface area contributed by atoms with Crippen LogP contribution in [0.1, 0.15) is 58.5 Å². The number of hydroxylamine groups is 2. The first-order chi connectivity index (χ1) is 21.0. The number of hydrogen-bond acceptors (Lipinski definition) is 8. The highest BCUT2D eigenvalue weighted by molar-refractivity contribution is 6.21. The Bertz CT molecular complexity index is 1600. The molecule has 0 aromatic heterocycles. The van der Waals surface area contributed by atoms with Crippen LogP contribution in [0.4, 0.5) is 9.59 Å². The lowest BCUT2D eigenvalue weighted by Crippen LogP contribution is -2.61. The van der Waals surface area contributed by atoms with Crippen molar-refractivity contribution >= 4 is 30.0 Å². The zero-order valence-electron chi connectivity index (χ0n) is 24.5. The Morgan fingerprint density at radius 2 is 1.27 bits per heavy atom. The molecular formula is C33H31N3O8. The van der Waals surface area contributed by atoms with Gasteiger partial charge in [0.05, 0.1) is 17.7 Å². The normalized spacial score (nSPS) is 17.6. The molecule has 3 aromatic rings. The molecule has 0 bridgehead atoms. The minimum Gasteiger partial charge on any atom is -0.448 e. The summed E-state index contributed by atoms with van der Waals surface area (Å²) in [5.74, 6) is -2.88. The van der Waals surface area contributed by atoms with E-state index in [1.807, 2.05) is 48.5 Å². The van der Waals surface area contributed by atoms with Gasteiger partial charge in [-0.15, -0.1) is 0 Å². The monoisotopic (exact) mass is 597 g/mol. The van der Waals surface area contributed by atoms with Crippen LogP contribution in [0, 0.1) is 0 Å². The Labute approximate surface area is 253 Å². The molecule has 2 heterocycles. The standard InChI is InChI=1S/C33H31N3O8/c1-33(2,3)43-31(40)34-16-17-35(27(18-34)30(39)44-36-28(37)24-14-8-9-15-25(24)29(36)38)32(41)42-19-26-22-12-6-4-10-20(22)21-11-5-7-13-23(21)26/h4-15,26-27H,16-19H2,1-3H3. The zero-order chi connectivity index (χ0) is 31.2. The van der Waals surface area contributed by atoms with Gasteiger partial charge in [0.25, 0.3) is 11.8 Å². The third-order valence-corrected chi connectivity index (χ3v) is 7.81. The summed E-state index contributed by atoms with van der Waals surface area (Å²) in [6.45, 7) is 4.86. The van der Waals surface area contributed by atoms with E-state index in [2.05, 4.69) is 0 Å². The number of imide groups is 1. The zero-order valence-corrected chi connectivity index (χ0v) is 24.5. The van der Waals surface area contributed by atoms with Crippen LogP contribution in [0.2, 0.25) is 0 Å². The van der Waals surface area contributed by atoms with E-state index in [1.54, 1.807) is 32.9 Å². The minimum atomic E-state index is -1.38. The van der Waals surface area contributed by atoms with Crippen molar-refractivity contribution in [3.8, 4) is 11.1 Å². The summed E-state index contributed by atoms with van der Waals surface area (Å²) in [6.07, 6.45) is -1.47. The van der Waals surface area contributed by atoms with Gasteiger partial charge in [0.15, 0.2) is 6.04 Å². The molecule has 11 nitrogen and oxygen atoms in total. The summed E-state index contributed by atoms with van der Waals surface area (Å²) in [5, 5.41) is 0.384. The molecule has 1 unspecified atom stereocenters. The Kier molecular flexibility index (Phi) is 7.32. The van der Waals surface area contributed by atoms with Gasteiger partial charge in [-0.2, -0.15) is 0 Å². The van der Waals surface area contributed by atoms with Crippen LogP contribution in [-0.4, -0.2) is 82.7 Å². The molecule has 0 radical (unpaired) electrons. The number of fused-ring (bicyclic) bond motifs is 4. The van der Waals surface area contributed by atoms with Crippen molar-refractivity contribution in [1.82, 2.24) is 14.9 Å². The van der Waals surface area contributed by atoms with Crippen molar-refractivity contribution in [3.05, 3.63) is 95.1 Å². The second-order valence-corrected chi connectivity index (χ2v) is 11.8. The summed E-state index contributed by atoms with van der Waals surface area (Å²) in [5.41, 5.74) is 3.58. The lowest BCUT2D eigenvalue weighted by molar-refractivity contribution is -0.176. The molecule has 0 saturated carbocycles. The van der Waals surface area contributed by atoms with Crippen molar-refractivity contribution in [2.45, 2.75) is 38.3 Å². The Morgan fingerprint density at radius 1 is 0.750 bits per heavy atom. The lowest BCUT2D eigenvalue weighted by atomic mass is 9.98. The number of rotatable bonds is 4. The first-order valence-corrected chi connectivity index (χ1v) is 14.3. The fourth-order valence-corrected chi connectivity index (χ4v) is 5.77. The molecule has 3 aliphatic rings. The first kappa shape index (κ1) is 28.9. The number of amides is 4. The minimum absolute atomic E-state index is 0.0132. The molecule has 1 fully saturated rings. The maximum Gasteiger partial charge on any atom is 0.410 e. The molecule has 0 N–H and O–H groups in total. The second kappa shape index (κ2) is 11.1. The van der Waals surface area contributed by atoms with Crippen molar-refractivity contribution in [1.29, 1.82) is 0 Å². The van der Waals surface area contributed by atoms with E-state index in [4.69, 9.17) is 14.3 Å². The van der Waals surface area contributed by atoms with Crippen molar-refractivity contribution in [3.63, 3.8) is 0 Å². The number of nitrogens with zero attached hydrogens (tertiary/aromatic N) is 3. The highest BCUT2D eigenvalue weighted by Crippen LogP contribution is 2.44. The molecule has 226 valence electrons. The predicted octanol–water partition coefficient (Wildman–Crippen LogP) is 4.61. The smallest absolute Gasteiger partial charge is 0.410 e. The number of benzene rings is 3. The second-order valence-electron chi connectivity index (χ2n) is 11.8. The summed E-state index contributed by atoms with van der Waals surface area (Å²) in [7, 11) is 0. The Morgan fingerprint density at radius 3 is 1.82 bits per heavy atom. The average molecular weight is 598 g/mol. The lowest BCUT2D eigenvalue weighted by Gasteiger charge is -2.39. The first-order valence-electron chi connectivity index (χ1n) is 14.3. The highest BCUT2D eigenvalue weighted by Gasteiger charge is 2.45.